The lowest BCUT2D eigenvalue weighted by Crippen LogP contribution is -2.41. The van der Waals surface area contributed by atoms with Crippen molar-refractivity contribution in [2.75, 3.05) is 46.5 Å². The minimum Gasteiger partial charge on any atom is -0.496 e. The first kappa shape index (κ1) is 21.1. The third kappa shape index (κ3) is 5.68. The van der Waals surface area contributed by atoms with Crippen LogP contribution in [0, 0.1) is 0 Å². The van der Waals surface area contributed by atoms with Gasteiger partial charge in [-0.25, -0.2) is 4.79 Å². The van der Waals surface area contributed by atoms with Crippen LogP contribution in [-0.2, 0) is 20.9 Å². The average Bonchev–Trinajstić information content (AvgIpc) is 3.01. The van der Waals surface area contributed by atoms with Crippen molar-refractivity contribution < 1.29 is 23.9 Å². The number of imide groups is 1. The van der Waals surface area contributed by atoms with Gasteiger partial charge in [0.25, 0.3) is 5.91 Å². The highest BCUT2D eigenvalue weighted by molar-refractivity contribution is 6.04. The van der Waals surface area contributed by atoms with Crippen LogP contribution in [0.4, 0.5) is 4.79 Å². The molecule has 1 aromatic rings. The number of morpholine rings is 1. The van der Waals surface area contributed by atoms with Gasteiger partial charge in [0.05, 0.1) is 26.9 Å². The summed E-state index contributed by atoms with van der Waals surface area (Å²) in [6.45, 7) is 4.67. The predicted octanol–water partition coefficient (Wildman–Crippen LogP) is 0.344. The maximum absolute atomic E-state index is 12.6. The van der Waals surface area contributed by atoms with Gasteiger partial charge < -0.3 is 20.1 Å². The molecule has 1 atom stereocenters. The van der Waals surface area contributed by atoms with Gasteiger partial charge in [0, 0.05) is 38.2 Å². The molecule has 2 heterocycles. The number of amides is 4. The quantitative estimate of drug-likeness (QED) is 0.576. The topological polar surface area (TPSA) is 100 Å². The largest absolute Gasteiger partial charge is 0.496 e. The van der Waals surface area contributed by atoms with Gasteiger partial charge in [-0.15, -0.1) is 0 Å². The standard InChI is InChI=1S/C20H28N4O5/c1-28-17-5-3-2-4-15(17)14-24-19(26)16(22-20(24)27)6-7-18(25)21-8-9-23-10-12-29-13-11-23/h2-5,16H,6-14H2,1H3,(H,21,25)(H,22,27)/t16-/m1/s1. The molecule has 0 spiro atoms. The molecule has 4 amide bonds. The lowest BCUT2D eigenvalue weighted by atomic mass is 10.1. The highest BCUT2D eigenvalue weighted by atomic mass is 16.5. The van der Waals surface area contributed by atoms with E-state index in [1.165, 1.54) is 4.90 Å². The fourth-order valence-corrected chi connectivity index (χ4v) is 3.47. The SMILES string of the molecule is COc1ccccc1CN1C(=O)N[C@H](CCC(=O)NCCN2CCOCC2)C1=O. The fourth-order valence-electron chi connectivity index (χ4n) is 3.47. The molecule has 9 heteroatoms. The number of hydrogen-bond acceptors (Lipinski definition) is 6. The van der Waals surface area contributed by atoms with E-state index >= 15 is 0 Å². The van der Waals surface area contributed by atoms with Gasteiger partial charge in [-0.05, 0) is 12.5 Å². The molecule has 29 heavy (non-hydrogen) atoms. The summed E-state index contributed by atoms with van der Waals surface area (Å²) >= 11 is 0. The Morgan fingerprint density at radius 2 is 2.03 bits per heavy atom. The van der Waals surface area contributed by atoms with Crippen LogP contribution < -0.4 is 15.4 Å². The lowest BCUT2D eigenvalue weighted by molar-refractivity contribution is -0.128. The van der Waals surface area contributed by atoms with Crippen LogP contribution in [0.25, 0.3) is 0 Å². The second-order valence-electron chi connectivity index (χ2n) is 7.08. The Hall–Kier alpha value is -2.65. The fraction of sp³-hybridized carbons (Fsp3) is 0.550. The second-order valence-corrected chi connectivity index (χ2v) is 7.08. The van der Waals surface area contributed by atoms with E-state index in [0.717, 1.165) is 38.4 Å². The third-order valence-corrected chi connectivity index (χ3v) is 5.14. The number of nitrogens with zero attached hydrogens (tertiary/aromatic N) is 2. The van der Waals surface area contributed by atoms with Crippen LogP contribution >= 0.6 is 0 Å². The average molecular weight is 404 g/mol. The van der Waals surface area contributed by atoms with Gasteiger partial charge >= 0.3 is 6.03 Å². The van der Waals surface area contributed by atoms with Crippen LogP contribution in [0.15, 0.2) is 24.3 Å². The van der Waals surface area contributed by atoms with E-state index in [0.29, 0.717) is 12.3 Å². The molecule has 1 aromatic carbocycles. The summed E-state index contributed by atoms with van der Waals surface area (Å²) in [4.78, 5) is 40.3. The molecular formula is C20H28N4O5. The zero-order chi connectivity index (χ0) is 20.6. The Morgan fingerprint density at radius 1 is 1.28 bits per heavy atom. The summed E-state index contributed by atoms with van der Waals surface area (Å²) in [6.07, 6.45) is 0.457. The van der Waals surface area contributed by atoms with Gasteiger partial charge in [0.1, 0.15) is 11.8 Å². The molecule has 9 nitrogen and oxygen atoms in total. The zero-order valence-corrected chi connectivity index (χ0v) is 16.7. The van der Waals surface area contributed by atoms with E-state index in [2.05, 4.69) is 15.5 Å². The Bertz CT molecular complexity index is 735. The van der Waals surface area contributed by atoms with E-state index < -0.39 is 12.1 Å². The maximum atomic E-state index is 12.6. The van der Waals surface area contributed by atoms with Crippen molar-refractivity contribution in [2.24, 2.45) is 0 Å². The molecule has 3 rings (SSSR count). The monoisotopic (exact) mass is 404 g/mol. The van der Waals surface area contributed by atoms with E-state index in [4.69, 9.17) is 9.47 Å². The van der Waals surface area contributed by atoms with Crippen molar-refractivity contribution in [3.63, 3.8) is 0 Å². The number of hydrogen-bond donors (Lipinski definition) is 2. The third-order valence-electron chi connectivity index (χ3n) is 5.14. The van der Waals surface area contributed by atoms with Crippen molar-refractivity contribution in [3.8, 4) is 5.75 Å². The summed E-state index contributed by atoms with van der Waals surface area (Å²) in [5, 5.41) is 5.54. The number of nitrogens with one attached hydrogen (secondary N) is 2. The first-order valence-corrected chi connectivity index (χ1v) is 9.89. The van der Waals surface area contributed by atoms with Gasteiger partial charge in [-0.2, -0.15) is 0 Å². The molecular weight excluding hydrogens is 376 g/mol. The minimum absolute atomic E-state index is 0.122. The van der Waals surface area contributed by atoms with Crippen molar-refractivity contribution in [3.05, 3.63) is 29.8 Å². The Morgan fingerprint density at radius 3 is 2.79 bits per heavy atom. The van der Waals surface area contributed by atoms with Crippen LogP contribution in [0.1, 0.15) is 18.4 Å². The summed E-state index contributed by atoms with van der Waals surface area (Å²) in [5.41, 5.74) is 0.750. The number of urea groups is 1. The van der Waals surface area contributed by atoms with E-state index in [-0.39, 0.29) is 31.2 Å². The van der Waals surface area contributed by atoms with Crippen molar-refractivity contribution in [2.45, 2.75) is 25.4 Å². The van der Waals surface area contributed by atoms with Crippen LogP contribution in [-0.4, -0.2) is 80.2 Å². The Labute approximate surface area is 170 Å². The van der Waals surface area contributed by atoms with Crippen LogP contribution in [0.3, 0.4) is 0 Å². The van der Waals surface area contributed by atoms with Gasteiger partial charge in [-0.1, -0.05) is 18.2 Å². The predicted molar refractivity (Wildman–Crippen MR) is 105 cm³/mol. The second kappa shape index (κ2) is 10.2. The number of ether oxygens (including phenoxy) is 2. The zero-order valence-electron chi connectivity index (χ0n) is 16.7. The molecule has 0 radical (unpaired) electrons. The smallest absolute Gasteiger partial charge is 0.325 e. The number of rotatable bonds is 9. The normalized spacial score (nSPS) is 19.9. The van der Waals surface area contributed by atoms with E-state index in [1.807, 2.05) is 18.2 Å². The molecule has 2 saturated heterocycles. The number of carbonyl (C=O) groups is 3. The summed E-state index contributed by atoms with van der Waals surface area (Å²) in [5.74, 6) is 0.182. The molecule has 158 valence electrons. The lowest BCUT2D eigenvalue weighted by Gasteiger charge is -2.26. The van der Waals surface area contributed by atoms with Crippen molar-refractivity contribution >= 4 is 17.8 Å². The summed E-state index contributed by atoms with van der Waals surface area (Å²) < 4.78 is 10.6. The number of benzene rings is 1. The molecule has 2 aliphatic heterocycles. The number of para-hydroxylation sites is 1. The van der Waals surface area contributed by atoms with E-state index in [1.54, 1.807) is 13.2 Å². The first-order valence-electron chi connectivity index (χ1n) is 9.89. The molecule has 2 fully saturated rings. The van der Waals surface area contributed by atoms with Gasteiger partial charge in [0.2, 0.25) is 5.91 Å². The van der Waals surface area contributed by atoms with E-state index in [9.17, 15) is 14.4 Å². The molecule has 0 aromatic heterocycles. The number of methoxy groups -OCH3 is 1. The van der Waals surface area contributed by atoms with Gasteiger partial charge in [0.15, 0.2) is 0 Å². The highest BCUT2D eigenvalue weighted by Crippen LogP contribution is 2.22. The van der Waals surface area contributed by atoms with Gasteiger partial charge in [-0.3, -0.25) is 19.4 Å². The van der Waals surface area contributed by atoms with Crippen molar-refractivity contribution in [1.29, 1.82) is 0 Å². The van der Waals surface area contributed by atoms with Crippen LogP contribution in [0.2, 0.25) is 0 Å². The molecule has 0 bridgehead atoms. The molecule has 2 aliphatic rings. The maximum Gasteiger partial charge on any atom is 0.325 e. The molecule has 2 N–H and O–H groups in total. The molecule has 0 unspecified atom stereocenters. The van der Waals surface area contributed by atoms with Crippen LogP contribution in [0.5, 0.6) is 5.75 Å². The Balaban J connectivity index is 1.42. The number of carbonyl (C=O) groups excluding carboxylic acids is 3. The summed E-state index contributed by atoms with van der Waals surface area (Å²) in [7, 11) is 1.55. The first-order chi connectivity index (χ1) is 14.1. The van der Waals surface area contributed by atoms with Crippen molar-refractivity contribution in [1.82, 2.24) is 20.4 Å². The Kier molecular flexibility index (Phi) is 7.42. The molecule has 0 saturated carbocycles. The molecule has 0 aliphatic carbocycles. The minimum atomic E-state index is -0.679. The summed E-state index contributed by atoms with van der Waals surface area (Å²) in [6, 6.07) is 6.13. The highest BCUT2D eigenvalue weighted by Gasteiger charge is 2.38.